The van der Waals surface area contributed by atoms with Crippen LogP contribution in [0.25, 0.3) is 0 Å². The van der Waals surface area contributed by atoms with Gasteiger partial charge in [0.1, 0.15) is 0 Å². The molecular formula is C16H29N3. The van der Waals surface area contributed by atoms with Gasteiger partial charge in [-0.05, 0) is 51.1 Å². The number of hydrogen-bond donors (Lipinski definition) is 1. The van der Waals surface area contributed by atoms with Crippen molar-refractivity contribution in [3.05, 3.63) is 18.0 Å². The quantitative estimate of drug-likeness (QED) is 0.852. The summed E-state index contributed by atoms with van der Waals surface area (Å²) in [6.07, 6.45) is 8.62. The molecule has 0 spiro atoms. The van der Waals surface area contributed by atoms with E-state index in [2.05, 4.69) is 50.1 Å². The average Bonchev–Trinajstić information content (AvgIpc) is 3.05. The summed E-state index contributed by atoms with van der Waals surface area (Å²) in [7, 11) is 2.05. The Morgan fingerprint density at radius 2 is 2.00 bits per heavy atom. The molecule has 1 aliphatic carbocycles. The zero-order chi connectivity index (χ0) is 13.8. The van der Waals surface area contributed by atoms with Crippen LogP contribution in [0.15, 0.2) is 12.3 Å². The molecule has 108 valence electrons. The van der Waals surface area contributed by atoms with Gasteiger partial charge >= 0.3 is 0 Å². The second kappa shape index (κ2) is 6.56. The van der Waals surface area contributed by atoms with E-state index in [4.69, 9.17) is 5.10 Å². The lowest BCUT2D eigenvalue weighted by atomic mass is 9.85. The largest absolute Gasteiger partial charge is 0.317 e. The average molecular weight is 263 g/mol. The minimum Gasteiger partial charge on any atom is -0.317 e. The van der Waals surface area contributed by atoms with Crippen molar-refractivity contribution in [2.45, 2.75) is 65.0 Å². The molecule has 2 rings (SSSR count). The highest BCUT2D eigenvalue weighted by Gasteiger charge is 2.22. The Morgan fingerprint density at radius 3 is 2.58 bits per heavy atom. The van der Waals surface area contributed by atoms with Gasteiger partial charge < -0.3 is 5.32 Å². The van der Waals surface area contributed by atoms with Crippen LogP contribution in [0.2, 0.25) is 0 Å². The maximum Gasteiger partial charge on any atom is 0.0628 e. The zero-order valence-electron chi connectivity index (χ0n) is 12.9. The predicted octanol–water partition coefficient (Wildman–Crippen LogP) is 3.42. The van der Waals surface area contributed by atoms with Crippen LogP contribution in [0.1, 0.15) is 58.2 Å². The standard InChI is InChI=1S/C16H29N3/c1-12(2)16(13(3)17-4)11-14-9-10-19(18-14)15-7-5-6-8-15/h9-10,12-13,15-17H,5-8,11H2,1-4H3. The molecule has 1 aromatic rings. The first-order chi connectivity index (χ1) is 9.11. The third-order valence-electron chi connectivity index (χ3n) is 4.76. The highest BCUT2D eigenvalue weighted by molar-refractivity contribution is 5.03. The van der Waals surface area contributed by atoms with Crippen molar-refractivity contribution < 1.29 is 0 Å². The minimum absolute atomic E-state index is 0.539. The maximum absolute atomic E-state index is 4.82. The number of aromatic nitrogens is 2. The Hall–Kier alpha value is -0.830. The fourth-order valence-electron chi connectivity index (χ4n) is 3.30. The van der Waals surface area contributed by atoms with Crippen LogP contribution in [-0.2, 0) is 6.42 Å². The van der Waals surface area contributed by atoms with Gasteiger partial charge in [-0.25, -0.2) is 0 Å². The molecular weight excluding hydrogens is 234 g/mol. The molecule has 1 saturated carbocycles. The third-order valence-corrected chi connectivity index (χ3v) is 4.76. The van der Waals surface area contributed by atoms with Crippen LogP contribution in [-0.4, -0.2) is 22.9 Å². The molecule has 1 N–H and O–H groups in total. The van der Waals surface area contributed by atoms with Crippen LogP contribution in [0.3, 0.4) is 0 Å². The number of nitrogens with one attached hydrogen (secondary N) is 1. The highest BCUT2D eigenvalue weighted by atomic mass is 15.3. The topological polar surface area (TPSA) is 29.9 Å². The summed E-state index contributed by atoms with van der Waals surface area (Å²) < 4.78 is 2.21. The third kappa shape index (κ3) is 3.59. The van der Waals surface area contributed by atoms with Crippen molar-refractivity contribution in [1.29, 1.82) is 0 Å². The number of hydrogen-bond acceptors (Lipinski definition) is 2. The van der Waals surface area contributed by atoms with Gasteiger partial charge in [-0.1, -0.05) is 26.7 Å². The van der Waals surface area contributed by atoms with Crippen LogP contribution in [0.5, 0.6) is 0 Å². The highest BCUT2D eigenvalue weighted by Crippen LogP contribution is 2.29. The van der Waals surface area contributed by atoms with E-state index in [1.54, 1.807) is 0 Å². The molecule has 0 amide bonds. The lowest BCUT2D eigenvalue weighted by molar-refractivity contribution is 0.296. The first-order valence-electron chi connectivity index (χ1n) is 7.83. The number of nitrogens with zero attached hydrogens (tertiary/aromatic N) is 2. The summed E-state index contributed by atoms with van der Waals surface area (Å²) in [5.74, 6) is 1.33. The molecule has 1 fully saturated rings. The van der Waals surface area contributed by atoms with Crippen molar-refractivity contribution in [3.8, 4) is 0 Å². The van der Waals surface area contributed by atoms with E-state index < -0.39 is 0 Å². The van der Waals surface area contributed by atoms with Gasteiger partial charge in [0.25, 0.3) is 0 Å². The fraction of sp³-hybridized carbons (Fsp3) is 0.812. The molecule has 0 aliphatic heterocycles. The Labute approximate surface area is 117 Å². The first kappa shape index (κ1) is 14.6. The van der Waals surface area contributed by atoms with Crippen LogP contribution >= 0.6 is 0 Å². The van der Waals surface area contributed by atoms with E-state index in [0.717, 1.165) is 6.42 Å². The van der Waals surface area contributed by atoms with Crippen molar-refractivity contribution >= 4 is 0 Å². The fourth-order valence-corrected chi connectivity index (χ4v) is 3.30. The molecule has 1 aromatic heterocycles. The molecule has 0 aromatic carbocycles. The summed E-state index contributed by atoms with van der Waals surface area (Å²) >= 11 is 0. The molecule has 1 heterocycles. The first-order valence-corrected chi connectivity index (χ1v) is 7.83. The predicted molar refractivity (Wildman–Crippen MR) is 80.3 cm³/mol. The van der Waals surface area contributed by atoms with Gasteiger partial charge in [0.15, 0.2) is 0 Å². The Kier molecular flexibility index (Phi) is 5.03. The van der Waals surface area contributed by atoms with Crippen molar-refractivity contribution in [1.82, 2.24) is 15.1 Å². The minimum atomic E-state index is 0.539. The van der Waals surface area contributed by atoms with Crippen LogP contribution in [0.4, 0.5) is 0 Å². The molecule has 2 unspecified atom stereocenters. The van der Waals surface area contributed by atoms with E-state index in [-0.39, 0.29) is 0 Å². The SMILES string of the molecule is CNC(C)C(Cc1ccn(C2CCCC2)n1)C(C)C. The summed E-state index contributed by atoms with van der Waals surface area (Å²) in [5.41, 5.74) is 1.26. The lowest BCUT2D eigenvalue weighted by Crippen LogP contribution is -2.35. The second-order valence-corrected chi connectivity index (χ2v) is 6.41. The summed E-state index contributed by atoms with van der Waals surface area (Å²) in [5, 5.41) is 8.21. The molecule has 1 aliphatic rings. The van der Waals surface area contributed by atoms with Crippen molar-refractivity contribution in [3.63, 3.8) is 0 Å². The molecule has 0 saturated heterocycles. The van der Waals surface area contributed by atoms with E-state index in [1.165, 1.54) is 31.4 Å². The Morgan fingerprint density at radius 1 is 1.32 bits per heavy atom. The van der Waals surface area contributed by atoms with Gasteiger partial charge in [0.2, 0.25) is 0 Å². The molecule has 2 atom stereocenters. The monoisotopic (exact) mass is 263 g/mol. The van der Waals surface area contributed by atoms with Gasteiger partial charge in [-0.2, -0.15) is 5.10 Å². The van der Waals surface area contributed by atoms with E-state index in [1.807, 2.05) is 0 Å². The zero-order valence-corrected chi connectivity index (χ0v) is 12.9. The summed E-state index contributed by atoms with van der Waals surface area (Å²) in [6, 6.07) is 3.42. The normalized spacial score (nSPS) is 20.1. The second-order valence-electron chi connectivity index (χ2n) is 6.41. The molecule has 0 radical (unpaired) electrons. The van der Waals surface area contributed by atoms with Gasteiger partial charge in [-0.3, -0.25) is 4.68 Å². The van der Waals surface area contributed by atoms with Crippen LogP contribution in [0, 0.1) is 11.8 Å². The van der Waals surface area contributed by atoms with Gasteiger partial charge in [-0.15, -0.1) is 0 Å². The van der Waals surface area contributed by atoms with Crippen molar-refractivity contribution in [2.75, 3.05) is 7.05 Å². The number of rotatable bonds is 6. The van der Waals surface area contributed by atoms with E-state index in [9.17, 15) is 0 Å². The van der Waals surface area contributed by atoms with Gasteiger partial charge in [0.05, 0.1) is 11.7 Å². The Bertz CT molecular complexity index is 377. The van der Waals surface area contributed by atoms with E-state index in [0.29, 0.717) is 23.9 Å². The maximum atomic E-state index is 4.82. The van der Waals surface area contributed by atoms with E-state index >= 15 is 0 Å². The summed E-state index contributed by atoms with van der Waals surface area (Å²) in [6.45, 7) is 6.90. The Balaban J connectivity index is 2.01. The summed E-state index contributed by atoms with van der Waals surface area (Å²) in [4.78, 5) is 0. The lowest BCUT2D eigenvalue weighted by Gasteiger charge is -2.26. The van der Waals surface area contributed by atoms with Crippen molar-refractivity contribution in [2.24, 2.45) is 11.8 Å². The molecule has 0 bridgehead atoms. The smallest absolute Gasteiger partial charge is 0.0628 e. The molecule has 3 nitrogen and oxygen atoms in total. The molecule has 3 heteroatoms. The van der Waals surface area contributed by atoms with Crippen LogP contribution < -0.4 is 5.32 Å². The van der Waals surface area contributed by atoms with Gasteiger partial charge in [0, 0.05) is 12.2 Å². The molecule has 19 heavy (non-hydrogen) atoms.